The van der Waals surface area contributed by atoms with Crippen LogP contribution in [0.25, 0.3) is 0 Å². The van der Waals surface area contributed by atoms with Crippen molar-refractivity contribution in [2.45, 2.75) is 33.0 Å². The number of rotatable bonds is 7. The van der Waals surface area contributed by atoms with Gasteiger partial charge in [0, 0.05) is 46.3 Å². The van der Waals surface area contributed by atoms with Gasteiger partial charge in [-0.15, -0.1) is 0 Å². The quantitative estimate of drug-likeness (QED) is 0.529. The lowest BCUT2D eigenvalue weighted by Crippen LogP contribution is -2.39. The largest absolute Gasteiger partial charge is 0.340 e. The monoisotopic (exact) mass is 473 g/mol. The molecule has 4 rings (SSSR count). The number of amides is 3. The third kappa shape index (κ3) is 5.59. The molecule has 2 heterocycles. The molecule has 2 aromatic carbocycles. The Labute approximate surface area is 205 Å². The number of hydrogen-bond donors (Lipinski definition) is 0. The molecule has 0 spiro atoms. The van der Waals surface area contributed by atoms with E-state index in [1.54, 1.807) is 29.7 Å². The van der Waals surface area contributed by atoms with Gasteiger partial charge in [0.25, 0.3) is 11.8 Å². The van der Waals surface area contributed by atoms with Crippen LogP contribution in [0.2, 0.25) is 0 Å². The van der Waals surface area contributed by atoms with Crippen molar-refractivity contribution in [1.29, 1.82) is 0 Å². The summed E-state index contributed by atoms with van der Waals surface area (Å²) in [7, 11) is 3.29. The summed E-state index contributed by atoms with van der Waals surface area (Å²) in [5, 5.41) is 4.41. The van der Waals surface area contributed by atoms with E-state index in [1.807, 2.05) is 66.4 Å². The van der Waals surface area contributed by atoms with E-state index < -0.39 is 0 Å². The maximum absolute atomic E-state index is 13.3. The third-order valence-electron chi connectivity index (χ3n) is 6.33. The van der Waals surface area contributed by atoms with Crippen molar-refractivity contribution in [3.05, 3.63) is 88.7 Å². The molecule has 0 N–H and O–H groups in total. The maximum atomic E-state index is 13.3. The molecule has 0 bridgehead atoms. The Bertz CT molecular complexity index is 1220. The first kappa shape index (κ1) is 24.2. The highest BCUT2D eigenvalue weighted by molar-refractivity contribution is 5.99. The van der Waals surface area contributed by atoms with Crippen LogP contribution in [0.4, 0.5) is 0 Å². The predicted molar refractivity (Wildman–Crippen MR) is 133 cm³/mol. The van der Waals surface area contributed by atoms with Gasteiger partial charge in [0.1, 0.15) is 5.69 Å². The molecule has 0 unspecified atom stereocenters. The van der Waals surface area contributed by atoms with Crippen LogP contribution in [0.5, 0.6) is 0 Å². The Morgan fingerprint density at radius 1 is 0.971 bits per heavy atom. The summed E-state index contributed by atoms with van der Waals surface area (Å²) < 4.78 is 1.62. The average Bonchev–Trinajstić information content (AvgIpc) is 3.22. The van der Waals surface area contributed by atoms with E-state index in [0.29, 0.717) is 31.9 Å². The van der Waals surface area contributed by atoms with Crippen LogP contribution >= 0.6 is 0 Å². The highest BCUT2D eigenvalue weighted by Crippen LogP contribution is 2.19. The Morgan fingerprint density at radius 3 is 2.43 bits per heavy atom. The lowest BCUT2D eigenvalue weighted by molar-refractivity contribution is -0.130. The summed E-state index contributed by atoms with van der Waals surface area (Å²) in [5.74, 6) is -0.699. The Kier molecular flexibility index (Phi) is 7.29. The SMILES string of the molecule is Cc1ccccc1CN1CCCn2nc(C(=O)N(C)CC(=O)N(C)Cc3ccccc3)cc2C1=O. The predicted octanol–water partition coefficient (Wildman–Crippen LogP) is 2.97. The summed E-state index contributed by atoms with van der Waals surface area (Å²) in [5.41, 5.74) is 3.83. The van der Waals surface area contributed by atoms with Crippen LogP contribution in [-0.4, -0.2) is 69.4 Å². The Hall–Kier alpha value is -3.94. The molecule has 1 aromatic heterocycles. The zero-order valence-electron chi connectivity index (χ0n) is 20.5. The van der Waals surface area contributed by atoms with E-state index in [-0.39, 0.29) is 30.0 Å². The zero-order chi connectivity index (χ0) is 24.9. The minimum atomic E-state index is -0.384. The van der Waals surface area contributed by atoms with Crippen LogP contribution in [-0.2, 0) is 24.4 Å². The minimum Gasteiger partial charge on any atom is -0.340 e. The van der Waals surface area contributed by atoms with E-state index in [1.165, 1.54) is 4.90 Å². The molecule has 8 heteroatoms. The number of likely N-dealkylation sites (N-methyl/N-ethyl adjacent to an activating group) is 2. The summed E-state index contributed by atoms with van der Waals surface area (Å²) in [4.78, 5) is 43.7. The second kappa shape index (κ2) is 10.5. The zero-order valence-corrected chi connectivity index (χ0v) is 20.5. The van der Waals surface area contributed by atoms with Gasteiger partial charge in [0.15, 0.2) is 5.69 Å². The standard InChI is InChI=1S/C27H31N5O3/c1-20-10-7-8-13-22(20)18-31-14-9-15-32-24(27(31)35)16-23(28-32)26(34)30(3)19-25(33)29(2)17-21-11-5-4-6-12-21/h4-8,10-13,16H,9,14-15,17-19H2,1-3H3. The second-order valence-corrected chi connectivity index (χ2v) is 9.04. The number of benzene rings is 2. The molecule has 0 aliphatic carbocycles. The van der Waals surface area contributed by atoms with Crippen molar-refractivity contribution in [1.82, 2.24) is 24.5 Å². The van der Waals surface area contributed by atoms with Gasteiger partial charge in [0.2, 0.25) is 5.91 Å². The number of aryl methyl sites for hydroxylation is 2. The van der Waals surface area contributed by atoms with E-state index in [9.17, 15) is 14.4 Å². The molecule has 1 aliphatic rings. The molecular formula is C27H31N5O3. The third-order valence-corrected chi connectivity index (χ3v) is 6.33. The number of hydrogen-bond acceptors (Lipinski definition) is 4. The summed E-state index contributed by atoms with van der Waals surface area (Å²) in [6.07, 6.45) is 0.749. The number of carbonyl (C=O) groups excluding carboxylic acids is 3. The molecule has 1 aliphatic heterocycles. The molecule has 0 radical (unpaired) electrons. The topological polar surface area (TPSA) is 78.8 Å². The van der Waals surface area contributed by atoms with Gasteiger partial charge in [-0.05, 0) is 30.0 Å². The molecule has 0 fully saturated rings. The first-order chi connectivity index (χ1) is 16.8. The van der Waals surface area contributed by atoms with Gasteiger partial charge in [-0.3, -0.25) is 19.1 Å². The van der Waals surface area contributed by atoms with Gasteiger partial charge >= 0.3 is 0 Å². The number of aromatic nitrogens is 2. The van der Waals surface area contributed by atoms with E-state index in [4.69, 9.17) is 0 Å². The molecule has 35 heavy (non-hydrogen) atoms. The van der Waals surface area contributed by atoms with Gasteiger partial charge in [-0.2, -0.15) is 5.10 Å². The van der Waals surface area contributed by atoms with E-state index >= 15 is 0 Å². The first-order valence-corrected chi connectivity index (χ1v) is 11.8. The molecule has 0 atom stereocenters. The Balaban J connectivity index is 1.42. The molecule has 8 nitrogen and oxygen atoms in total. The fourth-order valence-corrected chi connectivity index (χ4v) is 4.22. The fourth-order valence-electron chi connectivity index (χ4n) is 4.22. The summed E-state index contributed by atoms with van der Waals surface area (Å²) >= 11 is 0. The number of nitrogens with zero attached hydrogens (tertiary/aromatic N) is 5. The Morgan fingerprint density at radius 2 is 1.69 bits per heavy atom. The van der Waals surface area contributed by atoms with Crippen LogP contribution in [0, 0.1) is 6.92 Å². The average molecular weight is 474 g/mol. The first-order valence-electron chi connectivity index (χ1n) is 11.8. The molecule has 3 aromatic rings. The normalized spacial score (nSPS) is 13.2. The molecular weight excluding hydrogens is 442 g/mol. The lowest BCUT2D eigenvalue weighted by Gasteiger charge is -2.22. The van der Waals surface area contributed by atoms with Gasteiger partial charge in [-0.1, -0.05) is 54.6 Å². The molecule has 0 saturated heterocycles. The molecule has 0 saturated carbocycles. The summed E-state index contributed by atoms with van der Waals surface area (Å²) in [6.45, 7) is 4.13. The number of fused-ring (bicyclic) bond motifs is 1. The highest BCUT2D eigenvalue weighted by Gasteiger charge is 2.28. The van der Waals surface area contributed by atoms with Gasteiger partial charge < -0.3 is 14.7 Å². The van der Waals surface area contributed by atoms with Crippen LogP contribution < -0.4 is 0 Å². The summed E-state index contributed by atoms with van der Waals surface area (Å²) in [6, 6.07) is 19.3. The van der Waals surface area contributed by atoms with Crippen LogP contribution in [0.3, 0.4) is 0 Å². The second-order valence-electron chi connectivity index (χ2n) is 9.04. The fraction of sp³-hybridized carbons (Fsp3) is 0.333. The van der Waals surface area contributed by atoms with Crippen molar-refractivity contribution < 1.29 is 14.4 Å². The van der Waals surface area contributed by atoms with Crippen LogP contribution in [0.1, 0.15) is 44.1 Å². The van der Waals surface area contributed by atoms with Crippen LogP contribution in [0.15, 0.2) is 60.7 Å². The van der Waals surface area contributed by atoms with E-state index in [0.717, 1.165) is 23.1 Å². The van der Waals surface area contributed by atoms with Crippen molar-refractivity contribution in [3.8, 4) is 0 Å². The minimum absolute atomic E-state index is 0.0717. The van der Waals surface area contributed by atoms with Crippen molar-refractivity contribution in [3.63, 3.8) is 0 Å². The molecule has 182 valence electrons. The van der Waals surface area contributed by atoms with Crippen molar-refractivity contribution in [2.75, 3.05) is 27.2 Å². The maximum Gasteiger partial charge on any atom is 0.274 e. The number of carbonyl (C=O) groups is 3. The smallest absolute Gasteiger partial charge is 0.274 e. The molecule has 3 amide bonds. The lowest BCUT2D eigenvalue weighted by atomic mass is 10.1. The van der Waals surface area contributed by atoms with Crippen molar-refractivity contribution in [2.24, 2.45) is 0 Å². The van der Waals surface area contributed by atoms with E-state index in [2.05, 4.69) is 5.10 Å². The van der Waals surface area contributed by atoms with Crippen molar-refractivity contribution >= 4 is 17.7 Å². The van der Waals surface area contributed by atoms with Gasteiger partial charge in [-0.25, -0.2) is 0 Å². The highest BCUT2D eigenvalue weighted by atomic mass is 16.2. The van der Waals surface area contributed by atoms with Gasteiger partial charge in [0.05, 0.1) is 6.54 Å².